The lowest BCUT2D eigenvalue weighted by Crippen LogP contribution is -2.22. The Morgan fingerprint density at radius 1 is 1.62 bits per heavy atom. The van der Waals surface area contributed by atoms with Crippen LogP contribution in [0.4, 0.5) is 0 Å². The number of hydrogen-bond donors (Lipinski definition) is 1. The number of nitrogens with two attached hydrogens (primary N) is 1. The van der Waals surface area contributed by atoms with E-state index < -0.39 is 0 Å². The Kier molecular flexibility index (Phi) is 2.47. The standard InChI is InChI=1S/C10H12N4OS/c11-4-7-8-6-15-9(5-14(8)13-12-7)10-2-1-3-16-10/h1-3,9H,4-6,11H2/t9-/m0/s1. The molecule has 0 radical (unpaired) electrons. The van der Waals surface area contributed by atoms with Gasteiger partial charge in [0.1, 0.15) is 11.8 Å². The van der Waals surface area contributed by atoms with Crippen LogP contribution in [-0.2, 0) is 24.4 Å². The molecule has 0 aliphatic carbocycles. The molecule has 1 aliphatic heterocycles. The lowest BCUT2D eigenvalue weighted by Gasteiger charge is -2.23. The predicted molar refractivity (Wildman–Crippen MR) is 59.8 cm³/mol. The van der Waals surface area contributed by atoms with Crippen LogP contribution in [-0.4, -0.2) is 15.0 Å². The summed E-state index contributed by atoms with van der Waals surface area (Å²) in [6.07, 6.45) is 0.0971. The molecule has 2 aromatic heterocycles. The van der Waals surface area contributed by atoms with Crippen molar-refractivity contribution in [3.05, 3.63) is 33.8 Å². The predicted octanol–water partition coefficient (Wildman–Crippen LogP) is 1.07. The lowest BCUT2D eigenvalue weighted by molar-refractivity contribution is 0.000394. The van der Waals surface area contributed by atoms with E-state index in [1.807, 2.05) is 10.7 Å². The molecule has 0 amide bonds. The van der Waals surface area contributed by atoms with Crippen LogP contribution in [0.1, 0.15) is 22.4 Å². The molecule has 0 bridgehead atoms. The summed E-state index contributed by atoms with van der Waals surface area (Å²) >= 11 is 1.71. The van der Waals surface area contributed by atoms with Gasteiger partial charge in [0.25, 0.3) is 0 Å². The van der Waals surface area contributed by atoms with E-state index in [4.69, 9.17) is 10.5 Å². The van der Waals surface area contributed by atoms with Crippen LogP contribution in [0.15, 0.2) is 17.5 Å². The van der Waals surface area contributed by atoms with E-state index in [0.29, 0.717) is 13.2 Å². The Hall–Kier alpha value is -1.24. The number of hydrogen-bond acceptors (Lipinski definition) is 5. The number of rotatable bonds is 2. The van der Waals surface area contributed by atoms with Gasteiger partial charge in [-0.2, -0.15) is 0 Å². The third kappa shape index (κ3) is 1.55. The van der Waals surface area contributed by atoms with Gasteiger partial charge in [0.05, 0.1) is 18.8 Å². The van der Waals surface area contributed by atoms with E-state index in [2.05, 4.69) is 21.8 Å². The smallest absolute Gasteiger partial charge is 0.112 e. The van der Waals surface area contributed by atoms with Crippen LogP contribution in [0.2, 0.25) is 0 Å². The highest BCUT2D eigenvalue weighted by Gasteiger charge is 2.24. The molecular formula is C10H12N4OS. The second-order valence-corrected chi connectivity index (χ2v) is 4.66. The molecule has 0 saturated carbocycles. The van der Waals surface area contributed by atoms with Gasteiger partial charge >= 0.3 is 0 Å². The van der Waals surface area contributed by atoms with Gasteiger partial charge in [0.15, 0.2) is 0 Å². The van der Waals surface area contributed by atoms with Crippen LogP contribution in [0.3, 0.4) is 0 Å². The molecule has 16 heavy (non-hydrogen) atoms. The van der Waals surface area contributed by atoms with Crippen molar-refractivity contribution in [1.82, 2.24) is 15.0 Å². The van der Waals surface area contributed by atoms with Crippen LogP contribution in [0.25, 0.3) is 0 Å². The summed E-state index contributed by atoms with van der Waals surface area (Å²) in [7, 11) is 0. The Morgan fingerprint density at radius 3 is 3.31 bits per heavy atom. The van der Waals surface area contributed by atoms with E-state index in [0.717, 1.165) is 17.9 Å². The third-order valence-corrected chi connectivity index (χ3v) is 3.70. The van der Waals surface area contributed by atoms with Gasteiger partial charge in [-0.1, -0.05) is 11.3 Å². The van der Waals surface area contributed by atoms with Gasteiger partial charge in [-0.05, 0) is 11.4 Å². The maximum absolute atomic E-state index is 5.80. The highest BCUT2D eigenvalue weighted by Crippen LogP contribution is 2.29. The van der Waals surface area contributed by atoms with E-state index in [-0.39, 0.29) is 6.10 Å². The highest BCUT2D eigenvalue weighted by atomic mass is 32.1. The average molecular weight is 236 g/mol. The van der Waals surface area contributed by atoms with E-state index in [1.165, 1.54) is 4.88 Å². The second kappa shape index (κ2) is 3.97. The van der Waals surface area contributed by atoms with Crippen molar-refractivity contribution in [1.29, 1.82) is 0 Å². The summed E-state index contributed by atoms with van der Waals surface area (Å²) in [6.45, 7) is 1.69. The zero-order valence-electron chi connectivity index (χ0n) is 8.67. The molecule has 0 aromatic carbocycles. The normalized spacial score (nSPS) is 19.7. The maximum Gasteiger partial charge on any atom is 0.112 e. The fraction of sp³-hybridized carbons (Fsp3) is 0.400. The van der Waals surface area contributed by atoms with Crippen LogP contribution < -0.4 is 5.73 Å². The zero-order valence-corrected chi connectivity index (χ0v) is 9.48. The Balaban J connectivity index is 1.87. The van der Waals surface area contributed by atoms with Gasteiger partial charge in [-0.3, -0.25) is 0 Å². The van der Waals surface area contributed by atoms with Crippen molar-refractivity contribution in [2.75, 3.05) is 0 Å². The number of aromatic nitrogens is 3. The molecule has 1 aliphatic rings. The maximum atomic E-state index is 5.80. The third-order valence-electron chi connectivity index (χ3n) is 2.73. The number of ether oxygens (including phenoxy) is 1. The summed E-state index contributed by atoms with van der Waals surface area (Å²) in [5.41, 5.74) is 7.43. The van der Waals surface area contributed by atoms with E-state index >= 15 is 0 Å². The average Bonchev–Trinajstić information content (AvgIpc) is 2.97. The van der Waals surface area contributed by atoms with E-state index in [1.54, 1.807) is 11.3 Å². The minimum Gasteiger partial charge on any atom is -0.364 e. The molecule has 2 N–H and O–H groups in total. The molecule has 0 spiro atoms. The van der Waals surface area contributed by atoms with Gasteiger partial charge in [0.2, 0.25) is 0 Å². The van der Waals surface area contributed by atoms with Gasteiger partial charge in [-0.15, -0.1) is 16.4 Å². The van der Waals surface area contributed by atoms with Crippen molar-refractivity contribution in [3.8, 4) is 0 Å². The quantitative estimate of drug-likeness (QED) is 0.847. The first-order valence-electron chi connectivity index (χ1n) is 5.15. The SMILES string of the molecule is NCc1nnn2c1CO[C@H](c1cccs1)C2. The monoisotopic (exact) mass is 236 g/mol. The second-order valence-electron chi connectivity index (χ2n) is 3.68. The molecular weight excluding hydrogens is 224 g/mol. The number of thiophene rings is 1. The molecule has 1 atom stereocenters. The highest BCUT2D eigenvalue weighted by molar-refractivity contribution is 7.10. The van der Waals surface area contributed by atoms with Crippen LogP contribution in [0.5, 0.6) is 0 Å². The molecule has 3 rings (SSSR count). The summed E-state index contributed by atoms with van der Waals surface area (Å²) < 4.78 is 7.70. The zero-order chi connectivity index (χ0) is 11.0. The van der Waals surface area contributed by atoms with Gasteiger partial charge in [0, 0.05) is 11.4 Å². The van der Waals surface area contributed by atoms with Crippen molar-refractivity contribution in [2.24, 2.45) is 5.73 Å². The fourth-order valence-electron chi connectivity index (χ4n) is 1.87. The molecule has 5 nitrogen and oxygen atoms in total. The van der Waals surface area contributed by atoms with Crippen LogP contribution >= 0.6 is 11.3 Å². The Bertz CT molecular complexity index is 479. The summed E-state index contributed by atoms with van der Waals surface area (Å²) in [5.74, 6) is 0. The first-order valence-corrected chi connectivity index (χ1v) is 6.02. The van der Waals surface area contributed by atoms with Crippen molar-refractivity contribution in [2.45, 2.75) is 25.8 Å². The lowest BCUT2D eigenvalue weighted by atomic mass is 10.2. The first-order chi connectivity index (χ1) is 7.88. The Morgan fingerprint density at radius 2 is 2.56 bits per heavy atom. The topological polar surface area (TPSA) is 66.0 Å². The van der Waals surface area contributed by atoms with Crippen LogP contribution in [0, 0.1) is 0 Å². The fourth-order valence-corrected chi connectivity index (χ4v) is 2.63. The van der Waals surface area contributed by atoms with Crippen molar-refractivity contribution < 1.29 is 4.74 Å². The van der Waals surface area contributed by atoms with Crippen molar-refractivity contribution in [3.63, 3.8) is 0 Å². The minimum atomic E-state index is 0.0971. The summed E-state index contributed by atoms with van der Waals surface area (Å²) in [4.78, 5) is 1.23. The Labute approximate surface area is 96.8 Å². The van der Waals surface area contributed by atoms with Crippen molar-refractivity contribution >= 4 is 11.3 Å². The summed E-state index contributed by atoms with van der Waals surface area (Å²) in [5, 5.41) is 10.2. The molecule has 0 saturated heterocycles. The van der Waals surface area contributed by atoms with Gasteiger partial charge in [-0.25, -0.2) is 4.68 Å². The minimum absolute atomic E-state index is 0.0971. The molecule has 0 fully saturated rings. The molecule has 2 aromatic rings. The largest absolute Gasteiger partial charge is 0.364 e. The van der Waals surface area contributed by atoms with E-state index in [9.17, 15) is 0 Å². The first kappa shape index (κ1) is 9.95. The molecule has 0 unspecified atom stereocenters. The molecule has 6 heteroatoms. The summed E-state index contributed by atoms with van der Waals surface area (Å²) in [6, 6.07) is 4.12. The molecule has 84 valence electrons. The van der Waals surface area contributed by atoms with Gasteiger partial charge < -0.3 is 10.5 Å². The number of fused-ring (bicyclic) bond motifs is 1. The molecule has 3 heterocycles. The number of nitrogens with zero attached hydrogens (tertiary/aromatic N) is 3.